The highest BCUT2D eigenvalue weighted by Crippen LogP contribution is 2.26. The molecular formula is C16H14N2O3. The molecule has 0 aliphatic rings. The summed E-state index contributed by atoms with van der Waals surface area (Å²) >= 11 is 0. The number of rotatable bonds is 3. The van der Waals surface area contributed by atoms with Crippen molar-refractivity contribution in [1.82, 2.24) is 4.98 Å². The monoisotopic (exact) mass is 282 g/mol. The Labute approximate surface area is 121 Å². The van der Waals surface area contributed by atoms with E-state index in [4.69, 9.17) is 9.52 Å². The normalized spacial score (nSPS) is 10.8. The first kappa shape index (κ1) is 13.2. The highest BCUT2D eigenvalue weighted by molar-refractivity contribution is 5.92. The van der Waals surface area contributed by atoms with Crippen molar-refractivity contribution in [3.05, 3.63) is 48.0 Å². The predicted molar refractivity (Wildman–Crippen MR) is 80.7 cm³/mol. The summed E-state index contributed by atoms with van der Waals surface area (Å²) in [7, 11) is 3.95. The van der Waals surface area contributed by atoms with Crippen LogP contribution in [-0.2, 0) is 0 Å². The van der Waals surface area contributed by atoms with E-state index >= 15 is 0 Å². The van der Waals surface area contributed by atoms with Crippen molar-refractivity contribution >= 4 is 22.8 Å². The number of anilines is 1. The zero-order valence-electron chi connectivity index (χ0n) is 11.7. The highest BCUT2D eigenvalue weighted by atomic mass is 16.4. The van der Waals surface area contributed by atoms with Crippen molar-refractivity contribution in [3.8, 4) is 11.5 Å². The van der Waals surface area contributed by atoms with Crippen molar-refractivity contribution in [2.75, 3.05) is 19.0 Å². The molecule has 1 aromatic heterocycles. The molecule has 1 N–H and O–H groups in total. The van der Waals surface area contributed by atoms with Gasteiger partial charge in [0.05, 0.1) is 5.56 Å². The number of carboxylic acids is 1. The van der Waals surface area contributed by atoms with Crippen molar-refractivity contribution in [2.45, 2.75) is 0 Å². The van der Waals surface area contributed by atoms with E-state index in [0.717, 1.165) is 11.3 Å². The summed E-state index contributed by atoms with van der Waals surface area (Å²) in [6, 6.07) is 12.5. The van der Waals surface area contributed by atoms with Gasteiger partial charge in [-0.05, 0) is 42.5 Å². The molecule has 0 amide bonds. The third kappa shape index (κ3) is 2.45. The van der Waals surface area contributed by atoms with Gasteiger partial charge in [0, 0.05) is 25.3 Å². The number of benzene rings is 2. The molecule has 21 heavy (non-hydrogen) atoms. The first-order chi connectivity index (χ1) is 10.0. The molecule has 0 unspecified atom stereocenters. The Hall–Kier alpha value is -2.82. The third-order valence-corrected chi connectivity index (χ3v) is 3.27. The molecule has 5 nitrogen and oxygen atoms in total. The Balaban J connectivity index is 2.02. The molecule has 5 heteroatoms. The van der Waals surface area contributed by atoms with Crippen LogP contribution < -0.4 is 4.90 Å². The maximum atomic E-state index is 11.0. The molecule has 0 fully saturated rings. The van der Waals surface area contributed by atoms with Crippen LogP contribution in [0.2, 0.25) is 0 Å². The highest BCUT2D eigenvalue weighted by Gasteiger charge is 2.11. The number of hydrogen-bond acceptors (Lipinski definition) is 4. The zero-order chi connectivity index (χ0) is 15.0. The first-order valence-electron chi connectivity index (χ1n) is 6.46. The Morgan fingerprint density at radius 1 is 1.14 bits per heavy atom. The van der Waals surface area contributed by atoms with Crippen molar-refractivity contribution in [3.63, 3.8) is 0 Å². The maximum absolute atomic E-state index is 11.0. The molecular weight excluding hydrogens is 268 g/mol. The van der Waals surface area contributed by atoms with E-state index in [-0.39, 0.29) is 5.56 Å². The summed E-state index contributed by atoms with van der Waals surface area (Å²) in [6.45, 7) is 0. The number of oxazole rings is 1. The standard InChI is InChI=1S/C16H14N2O3/c1-18(2)12-6-3-10(4-7-12)15-17-13-9-11(16(19)20)5-8-14(13)21-15/h3-9H,1-2H3,(H,19,20). The molecule has 1 heterocycles. The molecule has 3 rings (SSSR count). The van der Waals surface area contributed by atoms with Crippen molar-refractivity contribution < 1.29 is 14.3 Å². The number of aromatic nitrogens is 1. The van der Waals surface area contributed by atoms with Gasteiger partial charge in [-0.25, -0.2) is 9.78 Å². The topological polar surface area (TPSA) is 66.6 Å². The average Bonchev–Trinajstić information content (AvgIpc) is 2.90. The lowest BCUT2D eigenvalue weighted by atomic mass is 10.2. The summed E-state index contributed by atoms with van der Waals surface area (Å²) < 4.78 is 5.67. The van der Waals surface area contributed by atoms with Gasteiger partial charge in [0.15, 0.2) is 5.58 Å². The summed E-state index contributed by atoms with van der Waals surface area (Å²) in [5, 5.41) is 8.99. The number of carbonyl (C=O) groups is 1. The minimum atomic E-state index is -0.975. The summed E-state index contributed by atoms with van der Waals surface area (Å²) in [5.74, 6) is -0.491. The van der Waals surface area contributed by atoms with E-state index in [2.05, 4.69) is 4.98 Å². The second-order valence-electron chi connectivity index (χ2n) is 4.95. The zero-order valence-corrected chi connectivity index (χ0v) is 11.7. The Morgan fingerprint density at radius 2 is 1.86 bits per heavy atom. The molecule has 0 aliphatic carbocycles. The van der Waals surface area contributed by atoms with Crippen molar-refractivity contribution in [1.29, 1.82) is 0 Å². The van der Waals surface area contributed by atoms with E-state index in [9.17, 15) is 4.79 Å². The SMILES string of the molecule is CN(C)c1ccc(-c2nc3cc(C(=O)O)ccc3o2)cc1. The lowest BCUT2D eigenvalue weighted by molar-refractivity contribution is 0.0697. The maximum Gasteiger partial charge on any atom is 0.335 e. The Morgan fingerprint density at radius 3 is 2.48 bits per heavy atom. The van der Waals surface area contributed by atoms with Crippen LogP contribution in [0.1, 0.15) is 10.4 Å². The van der Waals surface area contributed by atoms with Gasteiger partial charge in [0.25, 0.3) is 0 Å². The van der Waals surface area contributed by atoms with E-state index in [1.807, 2.05) is 43.3 Å². The van der Waals surface area contributed by atoms with Gasteiger partial charge in [-0.15, -0.1) is 0 Å². The summed E-state index contributed by atoms with van der Waals surface area (Å²) in [4.78, 5) is 17.3. The number of nitrogens with zero attached hydrogens (tertiary/aromatic N) is 2. The minimum absolute atomic E-state index is 0.199. The Kier molecular flexibility index (Phi) is 3.10. The molecule has 0 saturated heterocycles. The number of aromatic carboxylic acids is 1. The molecule has 0 saturated carbocycles. The van der Waals surface area contributed by atoms with Gasteiger partial charge in [-0.3, -0.25) is 0 Å². The third-order valence-electron chi connectivity index (χ3n) is 3.27. The van der Waals surface area contributed by atoms with Crippen LogP contribution in [0.5, 0.6) is 0 Å². The van der Waals surface area contributed by atoms with Gasteiger partial charge in [0.2, 0.25) is 5.89 Å². The molecule has 2 aromatic carbocycles. The fourth-order valence-corrected chi connectivity index (χ4v) is 2.09. The lowest BCUT2D eigenvalue weighted by Crippen LogP contribution is -2.07. The molecule has 0 atom stereocenters. The molecule has 0 spiro atoms. The van der Waals surface area contributed by atoms with Gasteiger partial charge < -0.3 is 14.4 Å². The molecule has 3 aromatic rings. The number of hydrogen-bond donors (Lipinski definition) is 1. The fourth-order valence-electron chi connectivity index (χ4n) is 2.09. The summed E-state index contributed by atoms with van der Waals surface area (Å²) in [6.07, 6.45) is 0. The van der Waals surface area contributed by atoms with Gasteiger partial charge in [-0.2, -0.15) is 0 Å². The van der Waals surface area contributed by atoms with Crippen LogP contribution in [0, 0.1) is 0 Å². The molecule has 0 bridgehead atoms. The molecule has 0 aliphatic heterocycles. The lowest BCUT2D eigenvalue weighted by Gasteiger charge is -2.11. The van der Waals surface area contributed by atoms with E-state index < -0.39 is 5.97 Å². The smallest absolute Gasteiger partial charge is 0.335 e. The van der Waals surface area contributed by atoms with E-state index in [1.54, 1.807) is 6.07 Å². The van der Waals surface area contributed by atoms with E-state index in [1.165, 1.54) is 12.1 Å². The quantitative estimate of drug-likeness (QED) is 0.798. The van der Waals surface area contributed by atoms with Crippen molar-refractivity contribution in [2.24, 2.45) is 0 Å². The predicted octanol–water partition coefficient (Wildman–Crippen LogP) is 3.26. The second-order valence-corrected chi connectivity index (χ2v) is 4.95. The van der Waals surface area contributed by atoms with Gasteiger partial charge in [-0.1, -0.05) is 0 Å². The average molecular weight is 282 g/mol. The van der Waals surface area contributed by atoms with Crippen LogP contribution in [0.4, 0.5) is 5.69 Å². The van der Waals surface area contributed by atoms with Crippen LogP contribution in [-0.4, -0.2) is 30.2 Å². The van der Waals surface area contributed by atoms with E-state index in [0.29, 0.717) is 17.0 Å². The Bertz CT molecular complexity index is 804. The fraction of sp³-hybridized carbons (Fsp3) is 0.125. The second kappa shape index (κ2) is 4.94. The van der Waals surface area contributed by atoms with Crippen LogP contribution in [0.25, 0.3) is 22.6 Å². The minimum Gasteiger partial charge on any atom is -0.478 e. The number of carboxylic acid groups (broad SMARTS) is 1. The largest absolute Gasteiger partial charge is 0.478 e. The van der Waals surface area contributed by atoms with Crippen LogP contribution in [0.15, 0.2) is 46.9 Å². The molecule has 0 radical (unpaired) electrons. The number of fused-ring (bicyclic) bond motifs is 1. The van der Waals surface area contributed by atoms with Gasteiger partial charge in [0.1, 0.15) is 5.52 Å². The van der Waals surface area contributed by atoms with Crippen LogP contribution in [0.3, 0.4) is 0 Å². The molecule has 106 valence electrons. The van der Waals surface area contributed by atoms with Gasteiger partial charge >= 0.3 is 5.97 Å². The first-order valence-corrected chi connectivity index (χ1v) is 6.46. The summed E-state index contributed by atoms with van der Waals surface area (Å²) in [5.41, 5.74) is 3.26. The van der Waals surface area contributed by atoms with Crippen LogP contribution >= 0.6 is 0 Å².